The normalized spacial score (nSPS) is 16.4. The topological polar surface area (TPSA) is 92.5 Å². The summed E-state index contributed by atoms with van der Waals surface area (Å²) in [6.07, 6.45) is 0.812. The number of phenolic OH excluding ortho intramolecular Hbond substituents is 1. The van der Waals surface area contributed by atoms with Crippen molar-refractivity contribution in [2.45, 2.75) is 17.4 Å². The molecular formula is C16H14N2O4S. The van der Waals surface area contributed by atoms with Gasteiger partial charge in [0.2, 0.25) is 0 Å². The van der Waals surface area contributed by atoms with Crippen LogP contribution in [-0.2, 0) is 0 Å². The van der Waals surface area contributed by atoms with Crippen LogP contribution in [0.5, 0.6) is 5.75 Å². The van der Waals surface area contributed by atoms with Gasteiger partial charge < -0.3 is 10.4 Å². The smallest absolute Gasteiger partial charge is 0.310 e. The molecule has 1 atom stereocenters. The van der Waals surface area contributed by atoms with Crippen LogP contribution in [0.1, 0.15) is 28.4 Å². The second kappa shape index (κ2) is 6.29. The van der Waals surface area contributed by atoms with Crippen molar-refractivity contribution in [1.29, 1.82) is 0 Å². The minimum Gasteiger partial charge on any atom is -0.502 e. The van der Waals surface area contributed by atoms with Gasteiger partial charge in [0.05, 0.1) is 11.0 Å². The van der Waals surface area contributed by atoms with Gasteiger partial charge >= 0.3 is 5.69 Å². The van der Waals surface area contributed by atoms with Crippen molar-refractivity contribution in [2.24, 2.45) is 0 Å². The number of benzene rings is 2. The molecule has 1 aliphatic heterocycles. The van der Waals surface area contributed by atoms with Crippen LogP contribution >= 0.6 is 11.8 Å². The summed E-state index contributed by atoms with van der Waals surface area (Å²) in [5.41, 5.74) is 0.855. The largest absolute Gasteiger partial charge is 0.502 e. The number of rotatable bonds is 3. The Morgan fingerprint density at radius 2 is 2.09 bits per heavy atom. The van der Waals surface area contributed by atoms with E-state index in [1.165, 1.54) is 6.07 Å². The second-order valence-corrected chi connectivity index (χ2v) is 6.30. The van der Waals surface area contributed by atoms with Gasteiger partial charge in [0.15, 0.2) is 5.75 Å². The predicted octanol–water partition coefficient (Wildman–Crippen LogP) is 3.27. The van der Waals surface area contributed by atoms with Crippen LogP contribution in [0.4, 0.5) is 5.69 Å². The number of hydrogen-bond acceptors (Lipinski definition) is 5. The minimum absolute atomic E-state index is 0.0997. The maximum absolute atomic E-state index is 12.4. The Hall–Kier alpha value is -2.54. The average molecular weight is 330 g/mol. The van der Waals surface area contributed by atoms with Gasteiger partial charge in [-0.15, -0.1) is 11.8 Å². The summed E-state index contributed by atoms with van der Waals surface area (Å²) < 4.78 is 0. The molecule has 1 heterocycles. The second-order valence-electron chi connectivity index (χ2n) is 5.16. The average Bonchev–Trinajstić information content (AvgIpc) is 2.54. The first-order chi connectivity index (χ1) is 11.1. The summed E-state index contributed by atoms with van der Waals surface area (Å²) in [5, 5.41) is 23.3. The lowest BCUT2D eigenvalue weighted by Crippen LogP contribution is -2.30. The number of nitro groups is 1. The molecule has 7 heteroatoms. The maximum atomic E-state index is 12.4. The predicted molar refractivity (Wildman–Crippen MR) is 86.8 cm³/mol. The number of carbonyl (C=O) groups excluding carboxylic acids is 1. The molecule has 1 amide bonds. The van der Waals surface area contributed by atoms with Crippen LogP contribution in [0.15, 0.2) is 47.4 Å². The standard InChI is InChI=1S/C16H14N2O4S/c19-14-9-10(5-6-13(14)18(21)22)16(20)17-12-7-8-23-15-4-2-1-3-11(12)15/h1-6,9,12,19H,7-8H2,(H,17,20)/t12-/m0/s1. The molecular weight excluding hydrogens is 316 g/mol. The summed E-state index contributed by atoms with van der Waals surface area (Å²) in [4.78, 5) is 23.5. The quantitative estimate of drug-likeness (QED) is 0.665. The molecule has 2 aromatic rings. The monoisotopic (exact) mass is 330 g/mol. The zero-order valence-corrected chi connectivity index (χ0v) is 12.9. The third kappa shape index (κ3) is 3.14. The molecule has 0 fully saturated rings. The van der Waals surface area contributed by atoms with E-state index in [1.54, 1.807) is 11.8 Å². The Kier molecular flexibility index (Phi) is 4.20. The van der Waals surface area contributed by atoms with Gasteiger partial charge in [0.1, 0.15) is 0 Å². The van der Waals surface area contributed by atoms with E-state index >= 15 is 0 Å². The van der Waals surface area contributed by atoms with E-state index in [1.807, 2.05) is 24.3 Å². The highest BCUT2D eigenvalue weighted by Crippen LogP contribution is 2.36. The number of phenols is 1. The lowest BCUT2D eigenvalue weighted by Gasteiger charge is -2.25. The van der Waals surface area contributed by atoms with Crippen molar-refractivity contribution in [3.63, 3.8) is 0 Å². The Morgan fingerprint density at radius 1 is 1.30 bits per heavy atom. The third-order valence-electron chi connectivity index (χ3n) is 3.70. The number of nitro benzene ring substituents is 1. The summed E-state index contributed by atoms with van der Waals surface area (Å²) in [6, 6.07) is 11.4. The van der Waals surface area contributed by atoms with E-state index in [0.29, 0.717) is 0 Å². The molecule has 2 aromatic carbocycles. The molecule has 23 heavy (non-hydrogen) atoms. The highest BCUT2D eigenvalue weighted by molar-refractivity contribution is 7.99. The first-order valence-corrected chi connectivity index (χ1v) is 8.05. The first kappa shape index (κ1) is 15.4. The highest BCUT2D eigenvalue weighted by atomic mass is 32.2. The molecule has 0 radical (unpaired) electrons. The van der Waals surface area contributed by atoms with Crippen molar-refractivity contribution < 1.29 is 14.8 Å². The highest BCUT2D eigenvalue weighted by Gasteiger charge is 2.23. The molecule has 0 aliphatic carbocycles. The van der Waals surface area contributed by atoms with Crippen LogP contribution in [0.25, 0.3) is 0 Å². The van der Waals surface area contributed by atoms with Crippen LogP contribution in [0.3, 0.4) is 0 Å². The van der Waals surface area contributed by atoms with Crippen LogP contribution in [0, 0.1) is 10.1 Å². The van der Waals surface area contributed by atoms with Gasteiger partial charge in [-0.2, -0.15) is 0 Å². The summed E-state index contributed by atoms with van der Waals surface area (Å²) in [5.74, 6) is 0.0390. The summed E-state index contributed by atoms with van der Waals surface area (Å²) >= 11 is 1.76. The molecule has 0 unspecified atom stereocenters. The van der Waals surface area contributed by atoms with Crippen molar-refractivity contribution >= 4 is 23.4 Å². The molecule has 0 bridgehead atoms. The number of thioether (sulfide) groups is 1. The molecule has 0 spiro atoms. The number of amides is 1. The van der Waals surface area contributed by atoms with E-state index in [0.717, 1.165) is 34.8 Å². The fourth-order valence-corrected chi connectivity index (χ4v) is 3.68. The Bertz CT molecular complexity index is 778. The molecule has 0 saturated heterocycles. The Balaban J connectivity index is 1.80. The zero-order valence-electron chi connectivity index (χ0n) is 12.1. The van der Waals surface area contributed by atoms with Gasteiger partial charge in [0, 0.05) is 22.3 Å². The Morgan fingerprint density at radius 3 is 2.83 bits per heavy atom. The van der Waals surface area contributed by atoms with Gasteiger partial charge in [-0.3, -0.25) is 14.9 Å². The number of nitrogens with one attached hydrogen (secondary N) is 1. The van der Waals surface area contributed by atoms with Crippen molar-refractivity contribution in [1.82, 2.24) is 5.32 Å². The van der Waals surface area contributed by atoms with E-state index < -0.39 is 16.4 Å². The lowest BCUT2D eigenvalue weighted by atomic mass is 10.0. The van der Waals surface area contributed by atoms with E-state index in [9.17, 15) is 20.0 Å². The summed E-state index contributed by atoms with van der Waals surface area (Å²) in [6.45, 7) is 0. The molecule has 3 rings (SSSR count). The van der Waals surface area contributed by atoms with Crippen LogP contribution in [-0.4, -0.2) is 21.7 Å². The fourth-order valence-electron chi connectivity index (χ4n) is 2.55. The van der Waals surface area contributed by atoms with E-state index in [2.05, 4.69) is 5.32 Å². The van der Waals surface area contributed by atoms with Crippen molar-refractivity contribution in [3.05, 3.63) is 63.7 Å². The van der Waals surface area contributed by atoms with Crippen molar-refractivity contribution in [3.8, 4) is 5.75 Å². The fraction of sp³-hybridized carbons (Fsp3) is 0.188. The number of nitrogens with zero attached hydrogens (tertiary/aromatic N) is 1. The summed E-state index contributed by atoms with van der Waals surface area (Å²) in [7, 11) is 0. The van der Waals surface area contributed by atoms with Crippen LogP contribution in [0.2, 0.25) is 0 Å². The number of fused-ring (bicyclic) bond motifs is 1. The first-order valence-electron chi connectivity index (χ1n) is 7.06. The van der Waals surface area contributed by atoms with Crippen LogP contribution < -0.4 is 5.32 Å². The molecule has 6 nitrogen and oxygen atoms in total. The lowest BCUT2D eigenvalue weighted by molar-refractivity contribution is -0.385. The maximum Gasteiger partial charge on any atom is 0.310 e. The zero-order chi connectivity index (χ0) is 16.4. The SMILES string of the molecule is O=C(N[C@H]1CCSc2ccccc21)c1ccc([N+](=O)[O-])c(O)c1. The number of aromatic hydroxyl groups is 1. The number of hydrogen-bond donors (Lipinski definition) is 2. The molecule has 1 aliphatic rings. The molecule has 0 aromatic heterocycles. The molecule has 118 valence electrons. The molecule has 2 N–H and O–H groups in total. The van der Waals surface area contributed by atoms with Gasteiger partial charge in [-0.05, 0) is 30.2 Å². The molecule has 0 saturated carbocycles. The number of carbonyl (C=O) groups is 1. The third-order valence-corrected chi connectivity index (χ3v) is 4.82. The van der Waals surface area contributed by atoms with Gasteiger partial charge in [-0.25, -0.2) is 0 Å². The minimum atomic E-state index is -0.689. The van der Waals surface area contributed by atoms with E-state index in [4.69, 9.17) is 0 Å². The Labute approximate surface area is 136 Å². The van der Waals surface area contributed by atoms with Gasteiger partial charge in [0.25, 0.3) is 5.91 Å². The van der Waals surface area contributed by atoms with Gasteiger partial charge in [-0.1, -0.05) is 18.2 Å². The van der Waals surface area contributed by atoms with E-state index in [-0.39, 0.29) is 17.5 Å². The van der Waals surface area contributed by atoms with Crippen molar-refractivity contribution in [2.75, 3.05) is 5.75 Å².